The maximum Gasteiger partial charge on any atom is 0.231 e. The van der Waals surface area contributed by atoms with Crippen molar-refractivity contribution in [3.63, 3.8) is 0 Å². The van der Waals surface area contributed by atoms with E-state index in [9.17, 15) is 4.79 Å². The highest BCUT2D eigenvalue weighted by atomic mass is 16.7. The number of ether oxygens (including phenoxy) is 3. The molecule has 0 bridgehead atoms. The van der Waals surface area contributed by atoms with Crippen molar-refractivity contribution in [1.29, 1.82) is 0 Å². The first-order chi connectivity index (χ1) is 10.3. The summed E-state index contributed by atoms with van der Waals surface area (Å²) in [6, 6.07) is 5.68. The Morgan fingerprint density at radius 1 is 1.38 bits per heavy atom. The third kappa shape index (κ3) is 3.29. The molecule has 0 aromatic heterocycles. The number of carbonyl (C=O) groups is 1. The summed E-state index contributed by atoms with van der Waals surface area (Å²) in [4.78, 5) is 14.3. The lowest BCUT2D eigenvalue weighted by molar-refractivity contribution is -0.134. The summed E-state index contributed by atoms with van der Waals surface area (Å²) >= 11 is 0. The largest absolute Gasteiger partial charge is 0.454 e. The van der Waals surface area contributed by atoms with Crippen LogP contribution in [0, 0.1) is 0 Å². The lowest BCUT2D eigenvalue weighted by atomic mass is 10.1. The Hall–Kier alpha value is -1.75. The summed E-state index contributed by atoms with van der Waals surface area (Å²) in [5, 5.41) is 0. The van der Waals surface area contributed by atoms with E-state index in [1.54, 1.807) is 0 Å². The van der Waals surface area contributed by atoms with Gasteiger partial charge in [-0.2, -0.15) is 0 Å². The van der Waals surface area contributed by atoms with E-state index in [0.717, 1.165) is 36.4 Å². The van der Waals surface area contributed by atoms with Crippen molar-refractivity contribution in [2.24, 2.45) is 0 Å². The molecule has 0 saturated carbocycles. The van der Waals surface area contributed by atoms with Crippen molar-refractivity contribution in [1.82, 2.24) is 4.90 Å². The number of carbonyl (C=O) groups excluding carboxylic acids is 1. The first-order valence-corrected chi connectivity index (χ1v) is 7.54. The van der Waals surface area contributed by atoms with Crippen molar-refractivity contribution >= 4 is 5.91 Å². The summed E-state index contributed by atoms with van der Waals surface area (Å²) in [5.41, 5.74) is 0.961. The van der Waals surface area contributed by atoms with Crippen molar-refractivity contribution < 1.29 is 19.0 Å². The van der Waals surface area contributed by atoms with E-state index < -0.39 is 0 Å². The van der Waals surface area contributed by atoms with Gasteiger partial charge >= 0.3 is 0 Å². The van der Waals surface area contributed by atoms with Crippen LogP contribution in [0.2, 0.25) is 0 Å². The second-order valence-electron chi connectivity index (χ2n) is 5.42. The molecule has 0 N–H and O–H groups in total. The molecule has 1 aromatic rings. The van der Waals surface area contributed by atoms with E-state index in [1.807, 2.05) is 30.0 Å². The van der Waals surface area contributed by atoms with Crippen LogP contribution in [-0.2, 0) is 16.0 Å². The van der Waals surface area contributed by atoms with Gasteiger partial charge in [0.05, 0.1) is 12.5 Å². The van der Waals surface area contributed by atoms with Crippen LogP contribution in [0.3, 0.4) is 0 Å². The van der Waals surface area contributed by atoms with Gasteiger partial charge in [0.25, 0.3) is 0 Å². The summed E-state index contributed by atoms with van der Waals surface area (Å²) in [5.74, 6) is 1.63. The van der Waals surface area contributed by atoms with Crippen LogP contribution in [-0.4, -0.2) is 43.4 Å². The van der Waals surface area contributed by atoms with Gasteiger partial charge < -0.3 is 19.1 Å². The van der Waals surface area contributed by atoms with Gasteiger partial charge in [-0.15, -0.1) is 0 Å². The summed E-state index contributed by atoms with van der Waals surface area (Å²) in [6.07, 6.45) is 2.64. The van der Waals surface area contributed by atoms with Gasteiger partial charge in [-0.1, -0.05) is 6.07 Å². The predicted molar refractivity (Wildman–Crippen MR) is 77.5 cm³/mol. The molecule has 3 rings (SSSR count). The molecule has 1 unspecified atom stereocenters. The average molecular weight is 291 g/mol. The predicted octanol–water partition coefficient (Wildman–Crippen LogP) is 1.99. The number of likely N-dealkylation sites (tertiary alicyclic amines) is 1. The molecule has 0 aliphatic carbocycles. The van der Waals surface area contributed by atoms with Crippen LogP contribution in [0.1, 0.15) is 25.3 Å². The molecule has 2 aliphatic heterocycles. The van der Waals surface area contributed by atoms with Crippen LogP contribution in [0.4, 0.5) is 0 Å². The van der Waals surface area contributed by atoms with Crippen molar-refractivity contribution in [3.05, 3.63) is 23.8 Å². The summed E-state index contributed by atoms with van der Waals surface area (Å²) in [7, 11) is 0. The van der Waals surface area contributed by atoms with Crippen LogP contribution < -0.4 is 9.47 Å². The lowest BCUT2D eigenvalue weighted by Crippen LogP contribution is -2.43. The van der Waals surface area contributed by atoms with Gasteiger partial charge in [-0.25, -0.2) is 0 Å². The summed E-state index contributed by atoms with van der Waals surface area (Å²) < 4.78 is 16.3. The van der Waals surface area contributed by atoms with Gasteiger partial charge in [0.2, 0.25) is 12.7 Å². The number of benzene rings is 1. The molecule has 0 radical (unpaired) electrons. The highest BCUT2D eigenvalue weighted by Crippen LogP contribution is 2.32. The normalized spacial score (nSPS) is 20.6. The third-order valence-corrected chi connectivity index (χ3v) is 3.93. The number of fused-ring (bicyclic) bond motifs is 1. The van der Waals surface area contributed by atoms with Crippen molar-refractivity contribution in [2.75, 3.05) is 26.5 Å². The molecule has 0 spiro atoms. The minimum absolute atomic E-state index is 0.151. The second-order valence-corrected chi connectivity index (χ2v) is 5.42. The molecule has 2 heterocycles. The molecule has 114 valence electrons. The number of rotatable bonds is 4. The van der Waals surface area contributed by atoms with E-state index in [4.69, 9.17) is 14.2 Å². The Labute approximate surface area is 124 Å². The quantitative estimate of drug-likeness (QED) is 0.851. The van der Waals surface area contributed by atoms with E-state index >= 15 is 0 Å². The molecular formula is C16H21NO4. The maximum absolute atomic E-state index is 12.4. The molecule has 5 nitrogen and oxygen atoms in total. The highest BCUT2D eigenvalue weighted by Gasteiger charge is 2.24. The van der Waals surface area contributed by atoms with Crippen molar-refractivity contribution in [3.8, 4) is 11.5 Å². The standard InChI is InChI=1S/C16H21NO4/c1-2-19-13-4-3-7-17(10-13)16(18)9-12-5-6-14-15(8-12)21-11-20-14/h5-6,8,13H,2-4,7,9-11H2,1H3. The van der Waals surface area contributed by atoms with E-state index in [1.165, 1.54) is 0 Å². The summed E-state index contributed by atoms with van der Waals surface area (Å²) in [6.45, 7) is 4.49. The van der Waals surface area contributed by atoms with Gasteiger partial charge in [0, 0.05) is 19.7 Å². The van der Waals surface area contributed by atoms with E-state index in [2.05, 4.69) is 0 Å². The Morgan fingerprint density at radius 3 is 3.10 bits per heavy atom. The van der Waals surface area contributed by atoms with Gasteiger partial charge in [0.15, 0.2) is 11.5 Å². The molecular weight excluding hydrogens is 270 g/mol. The minimum atomic E-state index is 0.151. The molecule has 5 heteroatoms. The number of nitrogens with zero attached hydrogens (tertiary/aromatic N) is 1. The monoisotopic (exact) mass is 291 g/mol. The molecule has 1 atom stereocenters. The van der Waals surface area contributed by atoms with Crippen LogP contribution in [0.15, 0.2) is 18.2 Å². The minimum Gasteiger partial charge on any atom is -0.454 e. The molecule has 1 amide bonds. The van der Waals surface area contributed by atoms with Gasteiger partial charge in [-0.05, 0) is 37.5 Å². The fourth-order valence-electron chi connectivity index (χ4n) is 2.87. The number of amides is 1. The fourth-order valence-corrected chi connectivity index (χ4v) is 2.87. The van der Waals surface area contributed by atoms with Crippen LogP contribution in [0.25, 0.3) is 0 Å². The Morgan fingerprint density at radius 2 is 2.24 bits per heavy atom. The Balaban J connectivity index is 1.60. The zero-order chi connectivity index (χ0) is 14.7. The van der Waals surface area contributed by atoms with E-state index in [-0.39, 0.29) is 18.8 Å². The van der Waals surface area contributed by atoms with Gasteiger partial charge in [-0.3, -0.25) is 4.79 Å². The smallest absolute Gasteiger partial charge is 0.231 e. The van der Waals surface area contributed by atoms with Crippen molar-refractivity contribution in [2.45, 2.75) is 32.3 Å². The zero-order valence-corrected chi connectivity index (χ0v) is 12.3. The second kappa shape index (κ2) is 6.35. The molecule has 21 heavy (non-hydrogen) atoms. The zero-order valence-electron chi connectivity index (χ0n) is 12.3. The van der Waals surface area contributed by atoms with Crippen LogP contribution in [0.5, 0.6) is 11.5 Å². The molecule has 1 saturated heterocycles. The van der Waals surface area contributed by atoms with Gasteiger partial charge in [0.1, 0.15) is 0 Å². The third-order valence-electron chi connectivity index (χ3n) is 3.93. The Kier molecular flexibility index (Phi) is 4.29. The Bertz CT molecular complexity index is 515. The SMILES string of the molecule is CCOC1CCCN(C(=O)Cc2ccc3c(c2)OCO3)C1. The first kappa shape index (κ1) is 14.2. The number of piperidine rings is 1. The fraction of sp³-hybridized carbons (Fsp3) is 0.562. The topological polar surface area (TPSA) is 48.0 Å². The maximum atomic E-state index is 12.4. The number of hydrogen-bond donors (Lipinski definition) is 0. The highest BCUT2D eigenvalue weighted by molar-refractivity contribution is 5.79. The van der Waals surface area contributed by atoms with E-state index in [0.29, 0.717) is 19.6 Å². The molecule has 1 aromatic carbocycles. The van der Waals surface area contributed by atoms with Crippen LogP contribution >= 0.6 is 0 Å². The average Bonchev–Trinajstić information content (AvgIpc) is 2.95. The molecule has 1 fully saturated rings. The number of hydrogen-bond acceptors (Lipinski definition) is 4. The first-order valence-electron chi connectivity index (χ1n) is 7.54. The lowest BCUT2D eigenvalue weighted by Gasteiger charge is -2.32. The molecule has 2 aliphatic rings.